The molecule has 0 heterocycles. The Kier molecular flexibility index (Phi) is 15.9. The molecule has 0 aromatic carbocycles. The predicted molar refractivity (Wildman–Crippen MR) is 162 cm³/mol. The van der Waals surface area contributed by atoms with Gasteiger partial charge in [-0.15, -0.1) is 0 Å². The molecule has 0 aliphatic heterocycles. The van der Waals surface area contributed by atoms with E-state index in [2.05, 4.69) is 79.7 Å². The van der Waals surface area contributed by atoms with Crippen molar-refractivity contribution in [1.29, 1.82) is 0 Å². The van der Waals surface area contributed by atoms with E-state index >= 15 is 0 Å². The van der Waals surface area contributed by atoms with E-state index in [1.807, 2.05) is 0 Å². The van der Waals surface area contributed by atoms with Crippen LogP contribution in [0.5, 0.6) is 0 Å². The average molecular weight is 557 g/mol. The van der Waals surface area contributed by atoms with Crippen molar-refractivity contribution >= 4 is 41.2 Å². The van der Waals surface area contributed by atoms with Crippen molar-refractivity contribution in [2.75, 3.05) is 25.1 Å². The summed E-state index contributed by atoms with van der Waals surface area (Å²) in [6, 6.07) is 0.894. The molecule has 0 atom stereocenters. The molecule has 0 aliphatic carbocycles. The zero-order valence-electron chi connectivity index (χ0n) is 24.6. The second-order valence-electron chi connectivity index (χ2n) is 12.8. The van der Waals surface area contributed by atoms with Crippen LogP contribution in [0.1, 0.15) is 65.7 Å². The van der Waals surface area contributed by atoms with Crippen molar-refractivity contribution in [3.8, 4) is 0 Å². The third-order valence-electron chi connectivity index (χ3n) is 5.38. The van der Waals surface area contributed by atoms with E-state index in [1.165, 1.54) is 57.0 Å². The summed E-state index contributed by atoms with van der Waals surface area (Å²) in [6.45, 7) is 28.2. The summed E-state index contributed by atoms with van der Waals surface area (Å²) in [6.07, 6.45) is 12.7. The first-order valence-corrected chi connectivity index (χ1v) is 28.4. The van der Waals surface area contributed by atoms with Crippen LogP contribution < -0.4 is 0 Å². The molecule has 0 saturated carbocycles. The van der Waals surface area contributed by atoms with E-state index in [4.69, 9.17) is 16.9 Å². The SMILES string of the molecule is CCCC[PH](CCCC)(CCCC)OCCC[Si](O[Si](C)(C)C)(O[Si](C)(C)C)O[Si](C)(C)C. The van der Waals surface area contributed by atoms with Crippen LogP contribution in [0.2, 0.25) is 65.0 Å². The molecule has 0 radical (unpaired) electrons. The number of unbranched alkanes of at least 4 members (excludes halogenated alkanes) is 3. The van der Waals surface area contributed by atoms with Gasteiger partial charge in [-0.25, -0.2) is 0 Å². The Balaban J connectivity index is 5.58. The molecule has 0 saturated heterocycles. The minimum absolute atomic E-state index is 0.845. The van der Waals surface area contributed by atoms with Gasteiger partial charge >= 0.3 is 214 Å². The molecule has 0 aromatic rings. The van der Waals surface area contributed by atoms with E-state index in [-0.39, 0.29) is 0 Å². The first-order valence-electron chi connectivity index (χ1n) is 13.8. The van der Waals surface area contributed by atoms with Crippen LogP contribution in [-0.2, 0) is 16.9 Å². The van der Waals surface area contributed by atoms with Gasteiger partial charge in [0.05, 0.1) is 0 Å². The van der Waals surface area contributed by atoms with Crippen LogP contribution >= 0.6 is 7.49 Å². The van der Waals surface area contributed by atoms with E-state index in [0.29, 0.717) is 0 Å². The van der Waals surface area contributed by atoms with Gasteiger partial charge in [0.25, 0.3) is 0 Å². The fourth-order valence-electron chi connectivity index (χ4n) is 4.28. The second kappa shape index (κ2) is 15.4. The molecule has 0 aliphatic rings. The quantitative estimate of drug-likeness (QED) is 0.0852. The molecule has 202 valence electrons. The summed E-state index contributed by atoms with van der Waals surface area (Å²) >= 11 is 0. The van der Waals surface area contributed by atoms with Crippen LogP contribution in [0.4, 0.5) is 0 Å². The van der Waals surface area contributed by atoms with Crippen molar-refractivity contribution in [2.45, 2.75) is 131 Å². The molecule has 0 rings (SSSR count). The molecule has 0 amide bonds. The molecule has 0 unspecified atom stereocenters. The summed E-state index contributed by atoms with van der Waals surface area (Å²) in [4.78, 5) is 0. The zero-order valence-corrected chi connectivity index (χ0v) is 29.6. The summed E-state index contributed by atoms with van der Waals surface area (Å²) < 4.78 is 27.5. The Bertz CT molecular complexity index is 453. The predicted octanol–water partition coefficient (Wildman–Crippen LogP) is 8.95. The van der Waals surface area contributed by atoms with Gasteiger partial charge < -0.3 is 0 Å². The Morgan fingerprint density at radius 2 is 0.848 bits per heavy atom. The van der Waals surface area contributed by atoms with E-state index < -0.39 is 41.2 Å². The Hall–Kier alpha value is 1.14. The summed E-state index contributed by atoms with van der Waals surface area (Å²) in [5, 5.41) is 0. The molecule has 0 N–H and O–H groups in total. The number of hydrogen-bond donors (Lipinski definition) is 0. The molecule has 4 nitrogen and oxygen atoms in total. The van der Waals surface area contributed by atoms with Crippen molar-refractivity contribution < 1.29 is 16.9 Å². The van der Waals surface area contributed by atoms with Gasteiger partial charge in [0.15, 0.2) is 0 Å². The van der Waals surface area contributed by atoms with E-state index in [0.717, 1.165) is 19.1 Å². The van der Waals surface area contributed by atoms with Gasteiger partial charge in [0.1, 0.15) is 0 Å². The summed E-state index contributed by atoms with van der Waals surface area (Å²) in [5.74, 6) is 0. The van der Waals surface area contributed by atoms with Crippen molar-refractivity contribution in [2.24, 2.45) is 0 Å². The molecule has 0 bridgehead atoms. The average Bonchev–Trinajstić information content (AvgIpc) is 2.61. The second-order valence-corrected chi connectivity index (χ2v) is 33.9. The molecule has 0 spiro atoms. The topological polar surface area (TPSA) is 36.9 Å². The first-order chi connectivity index (χ1) is 15.0. The molecule has 0 aromatic heterocycles. The first kappa shape index (κ1) is 34.1. The fraction of sp³-hybridized carbons (Fsp3) is 1.00. The van der Waals surface area contributed by atoms with Crippen molar-refractivity contribution in [3.63, 3.8) is 0 Å². The van der Waals surface area contributed by atoms with E-state index in [9.17, 15) is 0 Å². The van der Waals surface area contributed by atoms with Gasteiger partial charge in [-0.05, 0) is 0 Å². The molecule has 9 heteroatoms. The molecule has 0 fully saturated rings. The fourth-order valence-corrected chi connectivity index (χ4v) is 23.7. The standard InChI is InChI=1S/C24H61O4PSi4/c1-13-16-21-29(22-17-14-2,23-18-15-3)25-20-19-24-33(26-30(4,5)6,27-31(7,8)9)28-32(10,11)12/h29H,13-24H2,1-12H3. The molecular formula is C24H61O4PSi4. The van der Waals surface area contributed by atoms with Crippen LogP contribution in [-0.4, -0.2) is 58.8 Å². The Morgan fingerprint density at radius 1 is 0.515 bits per heavy atom. The van der Waals surface area contributed by atoms with Crippen LogP contribution in [0, 0.1) is 0 Å². The van der Waals surface area contributed by atoms with Gasteiger partial charge in [0, 0.05) is 0 Å². The number of rotatable bonds is 20. The molecule has 33 heavy (non-hydrogen) atoms. The molecular weight excluding hydrogens is 496 g/mol. The zero-order chi connectivity index (χ0) is 25.8. The maximum absolute atomic E-state index is 6.95. The van der Waals surface area contributed by atoms with Crippen LogP contribution in [0.3, 0.4) is 0 Å². The summed E-state index contributed by atoms with van der Waals surface area (Å²) in [5.41, 5.74) is 0. The van der Waals surface area contributed by atoms with Gasteiger partial charge in [-0.3, -0.25) is 0 Å². The Morgan fingerprint density at radius 3 is 1.12 bits per heavy atom. The van der Waals surface area contributed by atoms with Gasteiger partial charge in [-0.1, -0.05) is 0 Å². The maximum atomic E-state index is 6.95. The minimum atomic E-state index is -2.75. The van der Waals surface area contributed by atoms with Crippen LogP contribution in [0.25, 0.3) is 0 Å². The van der Waals surface area contributed by atoms with Crippen molar-refractivity contribution in [3.05, 3.63) is 0 Å². The summed E-state index contributed by atoms with van der Waals surface area (Å²) in [7, 11) is -9.88. The number of hydrogen-bond acceptors (Lipinski definition) is 4. The van der Waals surface area contributed by atoms with Crippen molar-refractivity contribution in [1.82, 2.24) is 0 Å². The Labute approximate surface area is 213 Å². The third-order valence-corrected chi connectivity index (χ3v) is 22.0. The normalized spacial score (nSPS) is 14.7. The van der Waals surface area contributed by atoms with Crippen LogP contribution in [0.15, 0.2) is 0 Å². The van der Waals surface area contributed by atoms with Gasteiger partial charge in [-0.2, -0.15) is 0 Å². The monoisotopic (exact) mass is 556 g/mol. The van der Waals surface area contributed by atoms with E-state index in [1.54, 1.807) is 0 Å². The van der Waals surface area contributed by atoms with Gasteiger partial charge in [0.2, 0.25) is 0 Å². The third kappa shape index (κ3) is 17.3.